The maximum atomic E-state index is 8.87. The molecule has 1 aromatic carbocycles. The summed E-state index contributed by atoms with van der Waals surface area (Å²) in [4.78, 5) is 4.54. The summed E-state index contributed by atoms with van der Waals surface area (Å²) in [6.45, 7) is 4.74. The fourth-order valence-corrected chi connectivity index (χ4v) is 2.30. The molecule has 2 rings (SSSR count). The third-order valence-electron chi connectivity index (χ3n) is 3.43. The fraction of sp³-hybridized carbons (Fsp3) is 0.467. The van der Waals surface area contributed by atoms with Crippen LogP contribution in [0.25, 0.3) is 11.0 Å². The van der Waals surface area contributed by atoms with Crippen molar-refractivity contribution in [2.75, 3.05) is 0 Å². The van der Waals surface area contributed by atoms with Crippen LogP contribution in [0.15, 0.2) is 24.3 Å². The summed E-state index contributed by atoms with van der Waals surface area (Å²) in [5, 5.41) is 8.87. The van der Waals surface area contributed by atoms with E-state index in [1.54, 1.807) is 6.92 Å². The first-order chi connectivity index (χ1) is 9.03. The molecular weight excluding hydrogens is 236 g/mol. The molecular formula is C15H20N4. The van der Waals surface area contributed by atoms with Crippen molar-refractivity contribution in [1.82, 2.24) is 9.55 Å². The molecule has 0 saturated heterocycles. The summed E-state index contributed by atoms with van der Waals surface area (Å²) >= 11 is 0. The number of nitriles is 1. The Kier molecular flexibility index (Phi) is 3.87. The summed E-state index contributed by atoms with van der Waals surface area (Å²) in [6, 6.07) is 10.3. The van der Waals surface area contributed by atoms with Crippen molar-refractivity contribution < 1.29 is 0 Å². The van der Waals surface area contributed by atoms with Gasteiger partial charge in [0.1, 0.15) is 11.4 Å². The van der Waals surface area contributed by atoms with E-state index in [1.807, 2.05) is 25.1 Å². The van der Waals surface area contributed by atoms with Crippen LogP contribution in [0, 0.1) is 18.3 Å². The molecule has 0 aliphatic rings. The summed E-state index contributed by atoms with van der Waals surface area (Å²) < 4.78 is 2.23. The highest BCUT2D eigenvalue weighted by atomic mass is 15.1. The van der Waals surface area contributed by atoms with E-state index in [0.29, 0.717) is 0 Å². The number of fused-ring (bicyclic) bond motifs is 1. The lowest BCUT2D eigenvalue weighted by Gasteiger charge is -2.15. The summed E-state index contributed by atoms with van der Waals surface area (Å²) in [5.74, 6) is 1.04. The summed E-state index contributed by atoms with van der Waals surface area (Å²) in [5.41, 5.74) is 7.33. The number of hydrogen-bond acceptors (Lipinski definition) is 3. The standard InChI is InChI=1S/C15H20N4/c1-12-18-13-7-3-4-8-14(13)19(12)10-6-5-9-15(2,17)11-16/h3-4,7-8H,5-6,9-10,17H2,1-2H3. The number of hydrogen-bond donors (Lipinski definition) is 1. The molecule has 19 heavy (non-hydrogen) atoms. The number of imidazole rings is 1. The minimum Gasteiger partial charge on any atom is -0.328 e. The Morgan fingerprint density at radius 3 is 2.84 bits per heavy atom. The summed E-state index contributed by atoms with van der Waals surface area (Å²) in [6.07, 6.45) is 2.69. The van der Waals surface area contributed by atoms with Gasteiger partial charge in [0.25, 0.3) is 0 Å². The molecule has 1 heterocycles. The first-order valence-corrected chi connectivity index (χ1v) is 6.65. The van der Waals surface area contributed by atoms with Gasteiger partial charge in [-0.2, -0.15) is 5.26 Å². The largest absolute Gasteiger partial charge is 0.328 e. The number of aromatic nitrogens is 2. The van der Waals surface area contributed by atoms with Crippen molar-refractivity contribution in [3.63, 3.8) is 0 Å². The molecule has 1 atom stereocenters. The molecule has 2 N–H and O–H groups in total. The number of aryl methyl sites for hydroxylation is 2. The smallest absolute Gasteiger partial charge is 0.106 e. The highest BCUT2D eigenvalue weighted by Gasteiger charge is 2.16. The third kappa shape index (κ3) is 3.12. The molecule has 0 fully saturated rings. The average Bonchev–Trinajstić information content (AvgIpc) is 2.71. The lowest BCUT2D eigenvalue weighted by atomic mass is 9.98. The molecule has 0 saturated carbocycles. The van der Waals surface area contributed by atoms with Gasteiger partial charge in [0.2, 0.25) is 0 Å². The van der Waals surface area contributed by atoms with E-state index in [4.69, 9.17) is 11.0 Å². The lowest BCUT2D eigenvalue weighted by Crippen LogP contribution is -2.33. The van der Waals surface area contributed by atoms with Crippen LogP contribution in [0.2, 0.25) is 0 Å². The quantitative estimate of drug-likeness (QED) is 0.836. The van der Waals surface area contributed by atoms with Gasteiger partial charge in [-0.05, 0) is 45.2 Å². The predicted molar refractivity (Wildman–Crippen MR) is 76.5 cm³/mol. The second-order valence-electron chi connectivity index (χ2n) is 5.29. The Morgan fingerprint density at radius 1 is 1.37 bits per heavy atom. The Balaban J connectivity index is 1.99. The van der Waals surface area contributed by atoms with Crippen LogP contribution in [-0.4, -0.2) is 15.1 Å². The molecule has 1 unspecified atom stereocenters. The minimum absolute atomic E-state index is 0.702. The number of nitrogens with zero attached hydrogens (tertiary/aromatic N) is 3. The van der Waals surface area contributed by atoms with Crippen molar-refractivity contribution in [3.05, 3.63) is 30.1 Å². The van der Waals surface area contributed by atoms with Crippen molar-refractivity contribution in [1.29, 1.82) is 5.26 Å². The van der Waals surface area contributed by atoms with Gasteiger partial charge in [-0.1, -0.05) is 12.1 Å². The average molecular weight is 256 g/mol. The van der Waals surface area contributed by atoms with Gasteiger partial charge in [-0.15, -0.1) is 0 Å². The van der Waals surface area contributed by atoms with Gasteiger partial charge < -0.3 is 10.3 Å². The van der Waals surface area contributed by atoms with E-state index < -0.39 is 5.54 Å². The molecule has 0 aliphatic heterocycles. The molecule has 0 aliphatic carbocycles. The highest BCUT2D eigenvalue weighted by molar-refractivity contribution is 5.75. The zero-order chi connectivity index (χ0) is 13.9. The SMILES string of the molecule is Cc1nc2ccccc2n1CCCCC(C)(N)C#N. The van der Waals surface area contributed by atoms with Crippen LogP contribution in [0.1, 0.15) is 32.0 Å². The van der Waals surface area contributed by atoms with E-state index >= 15 is 0 Å². The number of rotatable bonds is 5. The Bertz CT molecular complexity index is 604. The molecule has 4 heteroatoms. The number of nitrogens with two attached hydrogens (primary N) is 1. The van der Waals surface area contributed by atoms with E-state index in [0.717, 1.165) is 37.1 Å². The Labute approximate surface area is 113 Å². The molecule has 0 amide bonds. The van der Waals surface area contributed by atoms with Gasteiger partial charge in [-0.3, -0.25) is 0 Å². The van der Waals surface area contributed by atoms with E-state index in [2.05, 4.69) is 21.7 Å². The molecule has 0 radical (unpaired) electrons. The molecule has 4 nitrogen and oxygen atoms in total. The van der Waals surface area contributed by atoms with E-state index in [9.17, 15) is 0 Å². The van der Waals surface area contributed by atoms with Crippen LogP contribution >= 0.6 is 0 Å². The zero-order valence-corrected chi connectivity index (χ0v) is 11.6. The fourth-order valence-electron chi connectivity index (χ4n) is 2.30. The van der Waals surface area contributed by atoms with Crippen LogP contribution in [0.4, 0.5) is 0 Å². The summed E-state index contributed by atoms with van der Waals surface area (Å²) in [7, 11) is 0. The number of para-hydroxylation sites is 2. The third-order valence-corrected chi connectivity index (χ3v) is 3.43. The molecule has 2 aromatic rings. The highest BCUT2D eigenvalue weighted by Crippen LogP contribution is 2.17. The topological polar surface area (TPSA) is 67.6 Å². The van der Waals surface area contributed by atoms with Gasteiger partial charge in [0, 0.05) is 6.54 Å². The zero-order valence-electron chi connectivity index (χ0n) is 11.6. The maximum Gasteiger partial charge on any atom is 0.106 e. The second kappa shape index (κ2) is 5.41. The van der Waals surface area contributed by atoms with Crippen LogP contribution in [0.5, 0.6) is 0 Å². The first-order valence-electron chi connectivity index (χ1n) is 6.65. The van der Waals surface area contributed by atoms with E-state index in [-0.39, 0.29) is 0 Å². The van der Waals surface area contributed by atoms with Crippen molar-refractivity contribution in [2.45, 2.75) is 45.2 Å². The lowest BCUT2D eigenvalue weighted by molar-refractivity contribution is 0.488. The van der Waals surface area contributed by atoms with Gasteiger partial charge >= 0.3 is 0 Å². The van der Waals surface area contributed by atoms with Crippen molar-refractivity contribution >= 4 is 11.0 Å². The van der Waals surface area contributed by atoms with Crippen molar-refractivity contribution in [2.24, 2.45) is 5.73 Å². The van der Waals surface area contributed by atoms with Crippen LogP contribution in [0.3, 0.4) is 0 Å². The molecule has 0 bridgehead atoms. The molecule has 1 aromatic heterocycles. The van der Waals surface area contributed by atoms with Gasteiger partial charge in [0.05, 0.1) is 17.1 Å². The normalized spacial score (nSPS) is 14.2. The number of unbranched alkanes of at least 4 members (excludes halogenated alkanes) is 1. The Hall–Kier alpha value is -1.86. The maximum absolute atomic E-state index is 8.87. The second-order valence-corrected chi connectivity index (χ2v) is 5.29. The van der Waals surface area contributed by atoms with Crippen LogP contribution < -0.4 is 5.73 Å². The van der Waals surface area contributed by atoms with E-state index in [1.165, 1.54) is 5.52 Å². The van der Waals surface area contributed by atoms with Gasteiger partial charge in [-0.25, -0.2) is 4.98 Å². The first kappa shape index (κ1) is 13.6. The van der Waals surface area contributed by atoms with Gasteiger partial charge in [0.15, 0.2) is 0 Å². The molecule has 100 valence electrons. The van der Waals surface area contributed by atoms with Crippen LogP contribution in [-0.2, 0) is 6.54 Å². The molecule has 0 spiro atoms. The monoisotopic (exact) mass is 256 g/mol. The minimum atomic E-state index is -0.702. The van der Waals surface area contributed by atoms with Crippen molar-refractivity contribution in [3.8, 4) is 6.07 Å². The number of benzene rings is 1. The Morgan fingerprint density at radius 2 is 2.11 bits per heavy atom. The predicted octanol–water partition coefficient (Wildman–Crippen LogP) is 2.76.